The molecule has 1 heterocycles. The van der Waals surface area contributed by atoms with E-state index in [0.717, 1.165) is 25.1 Å². The van der Waals surface area contributed by atoms with Gasteiger partial charge in [-0.1, -0.05) is 41.0 Å². The minimum Gasteiger partial charge on any atom is -0.481 e. The van der Waals surface area contributed by atoms with Crippen LogP contribution in [0.2, 0.25) is 0 Å². The number of hydrogen-bond acceptors (Lipinski definition) is 4. The molecule has 0 spiro atoms. The largest absolute Gasteiger partial charge is 0.481 e. The third-order valence-electron chi connectivity index (χ3n) is 3.28. The standard InChI is InChI=1S/C14H26N4O2/c1-6-7-10(2)13-15-16-17-18(13)11(8-12(19)20)9-14(3,4)5/h10-11H,6-9H2,1-5H3,(H,19,20). The number of carboxylic acids is 1. The van der Waals surface area contributed by atoms with E-state index in [2.05, 4.69) is 50.1 Å². The predicted molar refractivity (Wildman–Crippen MR) is 76.5 cm³/mol. The topological polar surface area (TPSA) is 80.9 Å². The van der Waals surface area contributed by atoms with E-state index >= 15 is 0 Å². The first-order chi connectivity index (χ1) is 9.24. The fourth-order valence-corrected chi connectivity index (χ4v) is 2.50. The van der Waals surface area contributed by atoms with Gasteiger partial charge in [0.15, 0.2) is 5.82 Å². The first kappa shape index (κ1) is 16.6. The summed E-state index contributed by atoms with van der Waals surface area (Å²) >= 11 is 0. The van der Waals surface area contributed by atoms with Gasteiger partial charge >= 0.3 is 5.97 Å². The molecule has 2 unspecified atom stereocenters. The van der Waals surface area contributed by atoms with E-state index in [-0.39, 0.29) is 23.8 Å². The number of tetrazole rings is 1. The van der Waals surface area contributed by atoms with Crippen molar-refractivity contribution in [2.45, 2.75) is 72.3 Å². The number of carboxylic acid groups (broad SMARTS) is 1. The molecule has 0 saturated heterocycles. The molecule has 6 nitrogen and oxygen atoms in total. The molecule has 1 N–H and O–H groups in total. The minimum absolute atomic E-state index is 0.0251. The third-order valence-corrected chi connectivity index (χ3v) is 3.28. The molecule has 20 heavy (non-hydrogen) atoms. The van der Waals surface area contributed by atoms with Gasteiger partial charge in [0.05, 0.1) is 12.5 Å². The highest BCUT2D eigenvalue weighted by Gasteiger charge is 2.27. The van der Waals surface area contributed by atoms with Crippen LogP contribution in [-0.4, -0.2) is 31.3 Å². The van der Waals surface area contributed by atoms with Crippen LogP contribution in [0.25, 0.3) is 0 Å². The minimum atomic E-state index is -0.816. The number of rotatable bonds is 7. The quantitative estimate of drug-likeness (QED) is 0.831. The summed E-state index contributed by atoms with van der Waals surface area (Å²) in [5.41, 5.74) is 0.0251. The van der Waals surface area contributed by atoms with Crippen molar-refractivity contribution in [2.24, 2.45) is 5.41 Å². The second kappa shape index (κ2) is 6.81. The lowest BCUT2D eigenvalue weighted by molar-refractivity contribution is -0.138. The van der Waals surface area contributed by atoms with Gasteiger partial charge in [-0.25, -0.2) is 4.68 Å². The molecular weight excluding hydrogens is 256 g/mol. The highest BCUT2D eigenvalue weighted by atomic mass is 16.4. The zero-order valence-corrected chi connectivity index (χ0v) is 13.1. The summed E-state index contributed by atoms with van der Waals surface area (Å²) in [7, 11) is 0. The van der Waals surface area contributed by atoms with Gasteiger partial charge in [0.25, 0.3) is 0 Å². The van der Waals surface area contributed by atoms with Gasteiger partial charge in [-0.15, -0.1) is 5.10 Å². The summed E-state index contributed by atoms with van der Waals surface area (Å²) in [6.07, 6.45) is 2.83. The molecule has 114 valence electrons. The fraction of sp³-hybridized carbons (Fsp3) is 0.857. The van der Waals surface area contributed by atoms with E-state index in [1.807, 2.05) is 0 Å². The van der Waals surface area contributed by atoms with Crippen LogP contribution in [0.15, 0.2) is 0 Å². The van der Waals surface area contributed by atoms with E-state index in [0.29, 0.717) is 0 Å². The normalized spacial score (nSPS) is 15.1. The zero-order valence-electron chi connectivity index (χ0n) is 13.1. The number of aromatic nitrogens is 4. The number of aliphatic carboxylic acids is 1. The Kier molecular flexibility index (Phi) is 5.65. The molecule has 2 atom stereocenters. The molecular formula is C14H26N4O2. The molecule has 0 fully saturated rings. The second-order valence-corrected chi connectivity index (χ2v) is 6.69. The summed E-state index contributed by atoms with van der Waals surface area (Å²) in [5, 5.41) is 21.0. The summed E-state index contributed by atoms with van der Waals surface area (Å²) in [4.78, 5) is 11.1. The Morgan fingerprint density at radius 1 is 1.40 bits per heavy atom. The third kappa shape index (κ3) is 4.90. The van der Waals surface area contributed by atoms with Gasteiger partial charge < -0.3 is 5.11 Å². The predicted octanol–water partition coefficient (Wildman–Crippen LogP) is 3.03. The maximum atomic E-state index is 11.1. The van der Waals surface area contributed by atoms with Crippen molar-refractivity contribution in [1.82, 2.24) is 20.2 Å². The Labute approximate surface area is 120 Å². The van der Waals surface area contributed by atoms with Crippen LogP contribution in [-0.2, 0) is 4.79 Å². The van der Waals surface area contributed by atoms with E-state index in [1.54, 1.807) is 4.68 Å². The van der Waals surface area contributed by atoms with Crippen LogP contribution >= 0.6 is 0 Å². The Morgan fingerprint density at radius 2 is 2.05 bits per heavy atom. The average Bonchev–Trinajstić information content (AvgIpc) is 2.74. The SMILES string of the molecule is CCCC(C)c1nnnn1C(CC(=O)O)CC(C)(C)C. The van der Waals surface area contributed by atoms with E-state index in [9.17, 15) is 4.79 Å². The lowest BCUT2D eigenvalue weighted by atomic mass is 9.87. The van der Waals surface area contributed by atoms with Gasteiger partial charge in [-0.2, -0.15) is 0 Å². The molecule has 0 bridgehead atoms. The van der Waals surface area contributed by atoms with E-state index in [1.165, 1.54) is 0 Å². The van der Waals surface area contributed by atoms with Crippen LogP contribution in [0, 0.1) is 5.41 Å². The Balaban J connectivity index is 3.01. The van der Waals surface area contributed by atoms with Crippen molar-refractivity contribution < 1.29 is 9.90 Å². The van der Waals surface area contributed by atoms with Crippen LogP contribution in [0.1, 0.15) is 78.1 Å². The smallest absolute Gasteiger partial charge is 0.305 e. The van der Waals surface area contributed by atoms with Crippen LogP contribution in [0.3, 0.4) is 0 Å². The fourth-order valence-electron chi connectivity index (χ4n) is 2.50. The Bertz CT molecular complexity index is 437. The molecule has 0 aromatic carbocycles. The lowest BCUT2D eigenvalue weighted by Crippen LogP contribution is -2.23. The number of carbonyl (C=O) groups is 1. The molecule has 1 aromatic heterocycles. The first-order valence-electron chi connectivity index (χ1n) is 7.24. The molecule has 1 rings (SSSR count). The van der Waals surface area contributed by atoms with Crippen molar-refractivity contribution in [3.05, 3.63) is 5.82 Å². The summed E-state index contributed by atoms with van der Waals surface area (Å²) in [5.74, 6) is 0.220. The van der Waals surface area contributed by atoms with Crippen molar-refractivity contribution in [1.29, 1.82) is 0 Å². The molecule has 0 aliphatic rings. The van der Waals surface area contributed by atoms with Gasteiger partial charge in [0.1, 0.15) is 0 Å². The number of hydrogen-bond donors (Lipinski definition) is 1. The van der Waals surface area contributed by atoms with Crippen molar-refractivity contribution in [3.8, 4) is 0 Å². The zero-order chi connectivity index (χ0) is 15.3. The lowest BCUT2D eigenvalue weighted by Gasteiger charge is -2.26. The Hall–Kier alpha value is -1.46. The van der Waals surface area contributed by atoms with Crippen molar-refractivity contribution in [3.63, 3.8) is 0 Å². The summed E-state index contributed by atoms with van der Waals surface area (Å²) in [6.45, 7) is 10.5. The van der Waals surface area contributed by atoms with Gasteiger partial charge in [0.2, 0.25) is 0 Å². The van der Waals surface area contributed by atoms with Crippen LogP contribution < -0.4 is 0 Å². The van der Waals surface area contributed by atoms with Crippen molar-refractivity contribution in [2.75, 3.05) is 0 Å². The molecule has 0 aliphatic carbocycles. The highest BCUT2D eigenvalue weighted by Crippen LogP contribution is 2.31. The maximum Gasteiger partial charge on any atom is 0.305 e. The molecule has 0 aliphatic heterocycles. The van der Waals surface area contributed by atoms with Gasteiger partial charge in [-0.3, -0.25) is 4.79 Å². The van der Waals surface area contributed by atoms with Crippen LogP contribution in [0.5, 0.6) is 0 Å². The van der Waals surface area contributed by atoms with Crippen molar-refractivity contribution >= 4 is 5.97 Å². The summed E-state index contributed by atoms with van der Waals surface area (Å²) < 4.78 is 1.72. The second-order valence-electron chi connectivity index (χ2n) is 6.69. The monoisotopic (exact) mass is 282 g/mol. The van der Waals surface area contributed by atoms with Crippen LogP contribution in [0.4, 0.5) is 0 Å². The maximum absolute atomic E-state index is 11.1. The molecule has 6 heteroatoms. The average molecular weight is 282 g/mol. The van der Waals surface area contributed by atoms with E-state index < -0.39 is 5.97 Å². The molecule has 0 saturated carbocycles. The molecule has 0 amide bonds. The van der Waals surface area contributed by atoms with E-state index in [4.69, 9.17) is 5.11 Å². The molecule has 0 radical (unpaired) electrons. The molecule has 1 aromatic rings. The van der Waals surface area contributed by atoms with Gasteiger partial charge in [0, 0.05) is 5.92 Å². The summed E-state index contributed by atoms with van der Waals surface area (Å²) in [6, 6.07) is -0.197. The first-order valence-corrected chi connectivity index (χ1v) is 7.24. The van der Waals surface area contributed by atoms with Gasteiger partial charge in [-0.05, 0) is 28.7 Å². The number of nitrogens with zero attached hydrogens (tertiary/aromatic N) is 4. The highest BCUT2D eigenvalue weighted by molar-refractivity contribution is 5.67. The Morgan fingerprint density at radius 3 is 2.55 bits per heavy atom.